The number of ether oxygens (including phenoxy) is 2. The molecule has 1 aliphatic heterocycles. The molecule has 0 saturated carbocycles. The molecule has 1 aromatic carbocycles. The molecule has 0 unspecified atom stereocenters. The molecule has 5 heteroatoms. The monoisotopic (exact) mass is 361 g/mol. The van der Waals surface area contributed by atoms with E-state index in [1.807, 2.05) is 48.0 Å². The van der Waals surface area contributed by atoms with Crippen molar-refractivity contribution in [2.45, 2.75) is 13.5 Å². The van der Waals surface area contributed by atoms with Gasteiger partial charge in [-0.2, -0.15) is 0 Å². The summed E-state index contributed by atoms with van der Waals surface area (Å²) in [6, 6.07) is 7.55. The maximum Gasteiger partial charge on any atom is 0.207 e. The second kappa shape index (κ2) is 6.01. The first-order valence-corrected chi connectivity index (χ1v) is 7.84. The molecule has 0 bridgehead atoms. The molecule has 22 heavy (non-hydrogen) atoms. The van der Waals surface area contributed by atoms with Crippen LogP contribution in [0.5, 0.6) is 11.5 Å². The molecule has 3 rings (SSSR count). The van der Waals surface area contributed by atoms with Gasteiger partial charge < -0.3 is 14.0 Å². The van der Waals surface area contributed by atoms with Crippen LogP contribution in [-0.2, 0) is 6.54 Å². The number of ketones is 1. The zero-order chi connectivity index (χ0) is 15.7. The largest absolute Gasteiger partial charge is 0.493 e. The van der Waals surface area contributed by atoms with Crippen LogP contribution in [0.3, 0.4) is 0 Å². The van der Waals surface area contributed by atoms with Crippen LogP contribution in [0.4, 0.5) is 0 Å². The highest BCUT2D eigenvalue weighted by Gasteiger charge is 2.24. The average Bonchev–Trinajstić information content (AvgIpc) is 3.06. The number of nitrogens with zero attached hydrogens (tertiary/aromatic N) is 1. The Hall–Kier alpha value is -2.01. The number of Topliss-reactive ketones (excluding diaryl/α,β-unsaturated/α-hetero) is 1. The summed E-state index contributed by atoms with van der Waals surface area (Å²) in [7, 11) is 1.60. The molecule has 0 aliphatic carbocycles. The van der Waals surface area contributed by atoms with Crippen LogP contribution in [0.1, 0.15) is 23.0 Å². The summed E-state index contributed by atoms with van der Waals surface area (Å²) in [5, 5.41) is 0. The van der Waals surface area contributed by atoms with Gasteiger partial charge in [-0.25, -0.2) is 0 Å². The summed E-state index contributed by atoms with van der Waals surface area (Å²) in [4.78, 5) is 12.3. The van der Waals surface area contributed by atoms with Crippen molar-refractivity contribution in [2.75, 3.05) is 13.7 Å². The summed E-state index contributed by atoms with van der Waals surface area (Å²) in [6.45, 7) is 3.09. The van der Waals surface area contributed by atoms with Gasteiger partial charge in [-0.3, -0.25) is 4.79 Å². The Balaban J connectivity index is 1.97. The maximum atomic E-state index is 12.3. The molecule has 0 saturated heterocycles. The van der Waals surface area contributed by atoms with Crippen LogP contribution < -0.4 is 9.47 Å². The van der Waals surface area contributed by atoms with Gasteiger partial charge in [-0.15, -0.1) is 0 Å². The number of hydrogen-bond donors (Lipinski definition) is 0. The molecule has 0 amide bonds. The summed E-state index contributed by atoms with van der Waals surface area (Å²) >= 11 is 3.50. The SMILES string of the molecule is CCOc1c(Br)cc(C=C2Cn3cccc3C2=O)cc1OC. The molecular weight excluding hydrogens is 346 g/mol. The predicted octanol–water partition coefficient (Wildman–Crippen LogP) is 3.94. The zero-order valence-electron chi connectivity index (χ0n) is 12.4. The number of halogens is 1. The van der Waals surface area contributed by atoms with E-state index in [1.165, 1.54) is 0 Å². The average molecular weight is 362 g/mol. The fourth-order valence-corrected chi connectivity index (χ4v) is 3.17. The third-order valence-corrected chi connectivity index (χ3v) is 4.16. The molecule has 2 aromatic rings. The number of allylic oxidation sites excluding steroid dienone is 1. The number of carbonyl (C=O) groups is 1. The van der Waals surface area contributed by atoms with Gasteiger partial charge in [-0.05, 0) is 58.8 Å². The van der Waals surface area contributed by atoms with Crippen molar-refractivity contribution in [3.05, 3.63) is 51.8 Å². The number of aromatic nitrogens is 1. The minimum Gasteiger partial charge on any atom is -0.493 e. The quantitative estimate of drug-likeness (QED) is 0.774. The van der Waals surface area contributed by atoms with Gasteiger partial charge in [0.1, 0.15) is 0 Å². The first-order valence-electron chi connectivity index (χ1n) is 7.04. The van der Waals surface area contributed by atoms with Crippen molar-refractivity contribution in [1.29, 1.82) is 0 Å². The van der Waals surface area contributed by atoms with Gasteiger partial charge in [0.15, 0.2) is 11.5 Å². The van der Waals surface area contributed by atoms with E-state index in [9.17, 15) is 4.79 Å². The third-order valence-electron chi connectivity index (χ3n) is 3.58. The summed E-state index contributed by atoms with van der Waals surface area (Å²) < 4.78 is 13.7. The van der Waals surface area contributed by atoms with Gasteiger partial charge >= 0.3 is 0 Å². The lowest BCUT2D eigenvalue weighted by Crippen LogP contribution is -1.98. The van der Waals surface area contributed by atoms with E-state index < -0.39 is 0 Å². The van der Waals surface area contributed by atoms with Crippen molar-refractivity contribution < 1.29 is 14.3 Å². The van der Waals surface area contributed by atoms with E-state index in [4.69, 9.17) is 9.47 Å². The number of rotatable bonds is 4. The van der Waals surface area contributed by atoms with Crippen molar-refractivity contribution in [3.8, 4) is 11.5 Å². The molecule has 1 aliphatic rings. The van der Waals surface area contributed by atoms with Crippen LogP contribution in [0.2, 0.25) is 0 Å². The minimum atomic E-state index is 0.0778. The Bertz CT molecular complexity index is 761. The van der Waals surface area contributed by atoms with E-state index >= 15 is 0 Å². The highest BCUT2D eigenvalue weighted by atomic mass is 79.9. The fourth-order valence-electron chi connectivity index (χ4n) is 2.60. The second-order valence-corrected chi connectivity index (χ2v) is 5.84. The summed E-state index contributed by atoms with van der Waals surface area (Å²) in [5.41, 5.74) is 2.42. The van der Waals surface area contributed by atoms with Crippen molar-refractivity contribution in [2.24, 2.45) is 0 Å². The Morgan fingerprint density at radius 2 is 2.23 bits per heavy atom. The molecule has 114 valence electrons. The van der Waals surface area contributed by atoms with Crippen LogP contribution in [0, 0.1) is 0 Å². The van der Waals surface area contributed by atoms with Crippen molar-refractivity contribution in [1.82, 2.24) is 4.57 Å². The van der Waals surface area contributed by atoms with E-state index in [0.717, 1.165) is 21.3 Å². The Morgan fingerprint density at radius 1 is 1.41 bits per heavy atom. The molecular formula is C17H16BrNO3. The van der Waals surface area contributed by atoms with Crippen molar-refractivity contribution >= 4 is 27.8 Å². The highest BCUT2D eigenvalue weighted by Crippen LogP contribution is 2.37. The van der Waals surface area contributed by atoms with Crippen LogP contribution in [0.15, 0.2) is 40.5 Å². The lowest BCUT2D eigenvalue weighted by molar-refractivity contribution is 0.103. The van der Waals surface area contributed by atoms with Crippen LogP contribution >= 0.6 is 15.9 Å². The molecule has 0 radical (unpaired) electrons. The summed E-state index contributed by atoms with van der Waals surface area (Å²) in [6.07, 6.45) is 3.82. The Kier molecular flexibility index (Phi) is 4.07. The molecule has 2 heterocycles. The zero-order valence-corrected chi connectivity index (χ0v) is 14.0. The van der Waals surface area contributed by atoms with Gasteiger partial charge in [0.05, 0.1) is 30.4 Å². The smallest absolute Gasteiger partial charge is 0.207 e. The maximum absolute atomic E-state index is 12.3. The molecule has 1 aromatic heterocycles. The van der Waals surface area contributed by atoms with E-state index in [1.54, 1.807) is 7.11 Å². The van der Waals surface area contributed by atoms with Crippen LogP contribution in [0.25, 0.3) is 6.08 Å². The Labute approximate surface area is 137 Å². The molecule has 0 fully saturated rings. The van der Waals surface area contributed by atoms with Crippen molar-refractivity contribution in [3.63, 3.8) is 0 Å². The van der Waals surface area contributed by atoms with E-state index in [0.29, 0.717) is 24.7 Å². The van der Waals surface area contributed by atoms with E-state index in [2.05, 4.69) is 15.9 Å². The topological polar surface area (TPSA) is 40.5 Å². The van der Waals surface area contributed by atoms with Gasteiger partial charge in [0.2, 0.25) is 5.78 Å². The highest BCUT2D eigenvalue weighted by molar-refractivity contribution is 9.10. The number of benzene rings is 1. The third kappa shape index (κ3) is 2.57. The molecule has 4 nitrogen and oxygen atoms in total. The standard InChI is InChI=1S/C17H16BrNO3/c1-3-22-17-13(18)8-11(9-15(17)21-2)7-12-10-19-6-4-5-14(19)16(12)20/h4-9H,3,10H2,1-2H3. The number of fused-ring (bicyclic) bond motifs is 1. The lowest BCUT2D eigenvalue weighted by Gasteiger charge is -2.12. The number of hydrogen-bond acceptors (Lipinski definition) is 3. The Morgan fingerprint density at radius 3 is 2.91 bits per heavy atom. The number of carbonyl (C=O) groups excluding carboxylic acids is 1. The van der Waals surface area contributed by atoms with Crippen LogP contribution in [-0.4, -0.2) is 24.1 Å². The lowest BCUT2D eigenvalue weighted by atomic mass is 10.1. The molecule has 0 atom stereocenters. The second-order valence-electron chi connectivity index (χ2n) is 4.99. The molecule has 0 N–H and O–H groups in total. The van der Waals surface area contributed by atoms with Gasteiger partial charge in [-0.1, -0.05) is 0 Å². The first kappa shape index (κ1) is 14.9. The fraction of sp³-hybridized carbons (Fsp3) is 0.235. The normalized spacial score (nSPS) is 15.2. The number of methoxy groups -OCH3 is 1. The van der Waals surface area contributed by atoms with E-state index in [-0.39, 0.29) is 5.78 Å². The first-order chi connectivity index (χ1) is 10.6. The van der Waals surface area contributed by atoms with Gasteiger partial charge in [0.25, 0.3) is 0 Å². The molecule has 0 spiro atoms. The predicted molar refractivity (Wildman–Crippen MR) is 88.6 cm³/mol. The minimum absolute atomic E-state index is 0.0778. The van der Waals surface area contributed by atoms with Gasteiger partial charge in [0, 0.05) is 11.8 Å². The summed E-state index contributed by atoms with van der Waals surface area (Å²) in [5.74, 6) is 1.40.